The van der Waals surface area contributed by atoms with Gasteiger partial charge >= 0.3 is 0 Å². The molecule has 14 rings (SSSR count). The molecule has 75 heavy (non-hydrogen) atoms. The first-order chi connectivity index (χ1) is 37.2. The van der Waals surface area contributed by atoms with Crippen LogP contribution in [0.5, 0.6) is 0 Å². The van der Waals surface area contributed by atoms with Crippen LogP contribution in [0.25, 0.3) is 116 Å². The lowest BCUT2D eigenvalue weighted by molar-refractivity contribution is 0.669. The van der Waals surface area contributed by atoms with Crippen LogP contribution in [-0.2, 0) is 0 Å². The van der Waals surface area contributed by atoms with E-state index >= 15 is 0 Å². The standard InChI is InChI=1S/C72H48N2O/c1-2-15-49(16-3-1)53-17-10-20-56(45-53)57-21-11-18-54(46-57)50-33-39-60(40-34-50)73(61-41-35-51(36-42-61)55-19-12-23-59(47-55)64-28-14-32-71-72(64)67-27-6-9-31-70(67)75-71)62-43-37-52(38-44-62)58-22-13-24-63(48-58)74-68-29-7-4-25-65(68)66-26-5-8-30-69(66)74/h1-48H. The van der Waals surface area contributed by atoms with Gasteiger partial charge in [-0.1, -0.05) is 200 Å². The number of nitrogens with zero attached hydrogens (tertiary/aromatic N) is 2. The molecule has 0 spiro atoms. The number of aromatic nitrogens is 1. The summed E-state index contributed by atoms with van der Waals surface area (Å²) in [6.07, 6.45) is 0. The zero-order valence-electron chi connectivity index (χ0n) is 41.0. The molecular formula is C72H48N2O. The topological polar surface area (TPSA) is 21.3 Å². The Bertz CT molecular complexity index is 4340. The Balaban J connectivity index is 0.814. The van der Waals surface area contributed by atoms with E-state index in [2.05, 4.69) is 289 Å². The third kappa shape index (κ3) is 8.04. The minimum atomic E-state index is 0.899. The summed E-state index contributed by atoms with van der Waals surface area (Å²) in [6.45, 7) is 0. The van der Waals surface area contributed by atoms with Crippen molar-refractivity contribution in [1.29, 1.82) is 0 Å². The van der Waals surface area contributed by atoms with Crippen LogP contribution in [0.1, 0.15) is 0 Å². The normalized spacial score (nSPS) is 11.5. The summed E-state index contributed by atoms with van der Waals surface area (Å²) in [7, 11) is 0. The predicted molar refractivity (Wildman–Crippen MR) is 315 cm³/mol. The average Bonchev–Trinajstić information content (AvgIpc) is 4.07. The van der Waals surface area contributed by atoms with Gasteiger partial charge in [-0.2, -0.15) is 0 Å². The molecule has 0 aliphatic heterocycles. The highest BCUT2D eigenvalue weighted by atomic mass is 16.3. The van der Waals surface area contributed by atoms with Gasteiger partial charge in [-0.3, -0.25) is 0 Å². The van der Waals surface area contributed by atoms with E-state index in [1.165, 1.54) is 49.6 Å². The maximum Gasteiger partial charge on any atom is 0.136 e. The SMILES string of the molecule is c1ccc(-c2cccc(-c3cccc(-c4ccc(N(c5ccc(-c6cccc(-c7cccc8oc9ccccc9c78)c6)cc5)c5ccc(-c6cccc(-n7c8ccccc8c8ccccc87)c6)cc5)cc4)c3)c2)cc1. The highest BCUT2D eigenvalue weighted by Crippen LogP contribution is 2.41. The molecule has 0 radical (unpaired) electrons. The van der Waals surface area contributed by atoms with Gasteiger partial charge in [0.25, 0.3) is 0 Å². The molecule has 0 atom stereocenters. The Morgan fingerprint density at radius 1 is 0.253 bits per heavy atom. The lowest BCUT2D eigenvalue weighted by Gasteiger charge is -2.26. The second-order valence-electron chi connectivity index (χ2n) is 19.3. The summed E-state index contributed by atoms with van der Waals surface area (Å²) >= 11 is 0. The lowest BCUT2D eigenvalue weighted by Crippen LogP contribution is -2.09. The molecule has 0 saturated carbocycles. The molecule has 14 aromatic rings. The number of anilines is 3. The number of benzene rings is 12. The number of hydrogen-bond donors (Lipinski definition) is 0. The quantitative estimate of drug-likeness (QED) is 0.136. The van der Waals surface area contributed by atoms with Gasteiger partial charge in [-0.25, -0.2) is 0 Å². The molecule has 0 saturated heterocycles. The molecule has 0 bridgehead atoms. The summed E-state index contributed by atoms with van der Waals surface area (Å²) in [6, 6.07) is 105. The monoisotopic (exact) mass is 956 g/mol. The fourth-order valence-electron chi connectivity index (χ4n) is 11.2. The Kier molecular flexibility index (Phi) is 10.8. The number of hydrogen-bond acceptors (Lipinski definition) is 2. The van der Waals surface area contributed by atoms with Crippen molar-refractivity contribution in [1.82, 2.24) is 4.57 Å². The van der Waals surface area contributed by atoms with Gasteiger partial charge in [-0.05, 0) is 158 Å². The van der Waals surface area contributed by atoms with Crippen LogP contribution in [0.4, 0.5) is 17.1 Å². The van der Waals surface area contributed by atoms with E-state index < -0.39 is 0 Å². The molecule has 3 heteroatoms. The maximum atomic E-state index is 6.27. The Labute approximate surface area is 436 Å². The molecule has 2 aromatic heterocycles. The van der Waals surface area contributed by atoms with Crippen LogP contribution < -0.4 is 4.90 Å². The lowest BCUT2D eigenvalue weighted by atomic mass is 9.95. The van der Waals surface area contributed by atoms with Gasteiger partial charge in [0, 0.05) is 44.3 Å². The maximum absolute atomic E-state index is 6.27. The van der Waals surface area contributed by atoms with E-state index in [0.717, 1.165) is 83.6 Å². The first-order valence-electron chi connectivity index (χ1n) is 25.6. The van der Waals surface area contributed by atoms with Crippen LogP contribution in [0, 0.1) is 0 Å². The second-order valence-corrected chi connectivity index (χ2v) is 19.3. The zero-order chi connectivity index (χ0) is 49.7. The Morgan fingerprint density at radius 3 is 1.17 bits per heavy atom. The molecule has 0 N–H and O–H groups in total. The van der Waals surface area contributed by atoms with Gasteiger partial charge in [0.05, 0.1) is 11.0 Å². The highest BCUT2D eigenvalue weighted by Gasteiger charge is 2.17. The molecule has 0 fully saturated rings. The van der Waals surface area contributed by atoms with Crippen LogP contribution >= 0.6 is 0 Å². The molecule has 0 aliphatic carbocycles. The van der Waals surface area contributed by atoms with Crippen molar-refractivity contribution in [3.63, 3.8) is 0 Å². The van der Waals surface area contributed by atoms with Crippen molar-refractivity contribution >= 4 is 60.8 Å². The van der Waals surface area contributed by atoms with Crippen LogP contribution in [0.3, 0.4) is 0 Å². The van der Waals surface area contributed by atoms with Crippen molar-refractivity contribution in [3.8, 4) is 72.4 Å². The van der Waals surface area contributed by atoms with Crippen molar-refractivity contribution in [2.45, 2.75) is 0 Å². The van der Waals surface area contributed by atoms with E-state index in [9.17, 15) is 0 Å². The summed E-state index contributed by atoms with van der Waals surface area (Å²) in [5, 5.41) is 4.79. The van der Waals surface area contributed by atoms with E-state index in [1.54, 1.807) is 0 Å². The minimum absolute atomic E-state index is 0.899. The number of rotatable bonds is 10. The van der Waals surface area contributed by atoms with E-state index in [4.69, 9.17) is 4.42 Å². The smallest absolute Gasteiger partial charge is 0.136 e. The van der Waals surface area contributed by atoms with Gasteiger partial charge in [0.15, 0.2) is 0 Å². The number of furan rings is 1. The molecule has 12 aromatic carbocycles. The third-order valence-electron chi connectivity index (χ3n) is 14.8. The minimum Gasteiger partial charge on any atom is -0.456 e. The molecular weight excluding hydrogens is 909 g/mol. The molecule has 0 unspecified atom stereocenters. The van der Waals surface area contributed by atoms with Gasteiger partial charge in [0.1, 0.15) is 11.2 Å². The van der Waals surface area contributed by atoms with E-state index in [1.807, 2.05) is 12.1 Å². The molecule has 0 amide bonds. The molecule has 3 nitrogen and oxygen atoms in total. The number of para-hydroxylation sites is 3. The van der Waals surface area contributed by atoms with Crippen molar-refractivity contribution < 1.29 is 4.42 Å². The Hall–Kier alpha value is -9.96. The average molecular weight is 957 g/mol. The molecule has 0 aliphatic rings. The Morgan fingerprint density at radius 2 is 0.627 bits per heavy atom. The highest BCUT2D eigenvalue weighted by molar-refractivity contribution is 6.13. The van der Waals surface area contributed by atoms with Crippen LogP contribution in [0.15, 0.2) is 296 Å². The first-order valence-corrected chi connectivity index (χ1v) is 25.6. The second kappa shape index (κ2) is 18.6. The number of fused-ring (bicyclic) bond motifs is 6. The van der Waals surface area contributed by atoms with Gasteiger partial charge in [0.2, 0.25) is 0 Å². The van der Waals surface area contributed by atoms with E-state index in [-0.39, 0.29) is 0 Å². The first kappa shape index (κ1) is 43.8. The molecule has 352 valence electrons. The predicted octanol–water partition coefficient (Wildman–Crippen LogP) is 20.2. The summed E-state index contributed by atoms with van der Waals surface area (Å²) in [4.78, 5) is 2.36. The summed E-state index contributed by atoms with van der Waals surface area (Å²) in [5.74, 6) is 0. The van der Waals surface area contributed by atoms with Crippen molar-refractivity contribution in [3.05, 3.63) is 291 Å². The van der Waals surface area contributed by atoms with Crippen LogP contribution in [0.2, 0.25) is 0 Å². The third-order valence-corrected chi connectivity index (χ3v) is 14.8. The largest absolute Gasteiger partial charge is 0.456 e. The fourth-order valence-corrected chi connectivity index (χ4v) is 11.2. The van der Waals surface area contributed by atoms with Crippen molar-refractivity contribution in [2.75, 3.05) is 4.90 Å². The van der Waals surface area contributed by atoms with Gasteiger partial charge < -0.3 is 13.9 Å². The summed E-state index contributed by atoms with van der Waals surface area (Å²) < 4.78 is 8.66. The summed E-state index contributed by atoms with van der Waals surface area (Å²) in [5.41, 5.74) is 22.6. The van der Waals surface area contributed by atoms with E-state index in [0.29, 0.717) is 0 Å². The fraction of sp³-hybridized carbons (Fsp3) is 0. The van der Waals surface area contributed by atoms with Gasteiger partial charge in [-0.15, -0.1) is 0 Å². The molecule has 2 heterocycles. The van der Waals surface area contributed by atoms with Crippen LogP contribution in [-0.4, -0.2) is 4.57 Å². The van der Waals surface area contributed by atoms with Crippen molar-refractivity contribution in [2.24, 2.45) is 0 Å². The zero-order valence-corrected chi connectivity index (χ0v) is 41.0.